The van der Waals surface area contributed by atoms with Gasteiger partial charge in [-0.1, -0.05) is 24.2 Å². The summed E-state index contributed by atoms with van der Waals surface area (Å²) in [6, 6.07) is 14.0. The molecule has 3 aromatic rings. The van der Waals surface area contributed by atoms with Gasteiger partial charge in [-0.2, -0.15) is 0 Å². The van der Waals surface area contributed by atoms with Crippen molar-refractivity contribution in [2.45, 2.75) is 18.2 Å². The quantitative estimate of drug-likeness (QED) is 0.254. The van der Waals surface area contributed by atoms with E-state index in [-0.39, 0.29) is 11.7 Å². The molecule has 3 rings (SSSR count). The van der Waals surface area contributed by atoms with Gasteiger partial charge in [0, 0.05) is 23.1 Å². The fourth-order valence-corrected chi connectivity index (χ4v) is 3.11. The molecule has 148 valence electrons. The van der Waals surface area contributed by atoms with Gasteiger partial charge in [0.1, 0.15) is 0 Å². The van der Waals surface area contributed by atoms with Gasteiger partial charge in [0.05, 0.1) is 11.3 Å². The first kappa shape index (κ1) is 20.3. The molecule has 0 bridgehead atoms. The Labute approximate surface area is 171 Å². The number of carbonyl (C=O) groups is 1. The molecule has 0 unspecified atom stereocenters. The van der Waals surface area contributed by atoms with Gasteiger partial charge in [-0.05, 0) is 47.2 Å². The third kappa shape index (κ3) is 6.01. The van der Waals surface area contributed by atoms with Crippen molar-refractivity contribution in [3.63, 3.8) is 0 Å². The van der Waals surface area contributed by atoms with Crippen LogP contribution >= 0.6 is 11.8 Å². The molecule has 0 atom stereocenters. The van der Waals surface area contributed by atoms with E-state index in [0.717, 1.165) is 11.3 Å². The number of nitrogens with zero attached hydrogens (tertiary/aromatic N) is 3. The smallest absolute Gasteiger partial charge is 0.322 e. The summed E-state index contributed by atoms with van der Waals surface area (Å²) in [5.74, 6) is 0.972. The Bertz CT molecular complexity index is 1010. The maximum atomic E-state index is 12.0. The number of non-ortho nitro benzene ring substituents is 1. The van der Waals surface area contributed by atoms with Crippen LogP contribution in [0.5, 0.6) is 0 Å². The summed E-state index contributed by atoms with van der Waals surface area (Å²) in [6.07, 6.45) is 3.29. The maximum absolute atomic E-state index is 12.0. The molecular weight excluding hydrogens is 392 g/mol. The third-order valence-corrected chi connectivity index (χ3v) is 4.71. The number of anilines is 1. The van der Waals surface area contributed by atoms with Crippen LogP contribution in [0.2, 0.25) is 0 Å². The van der Waals surface area contributed by atoms with E-state index in [1.54, 1.807) is 23.9 Å². The van der Waals surface area contributed by atoms with Crippen molar-refractivity contribution >= 4 is 35.4 Å². The van der Waals surface area contributed by atoms with Gasteiger partial charge in [0.15, 0.2) is 0 Å². The topological polar surface area (TPSA) is 111 Å². The van der Waals surface area contributed by atoms with E-state index >= 15 is 0 Å². The van der Waals surface area contributed by atoms with Crippen LogP contribution in [0.4, 0.5) is 11.7 Å². The van der Waals surface area contributed by atoms with Crippen molar-refractivity contribution in [2.75, 3.05) is 11.1 Å². The van der Waals surface area contributed by atoms with E-state index in [0.29, 0.717) is 17.9 Å². The summed E-state index contributed by atoms with van der Waals surface area (Å²) in [7, 11) is 0. The fourth-order valence-electron chi connectivity index (χ4n) is 2.45. The Morgan fingerprint density at radius 2 is 1.90 bits per heavy atom. The van der Waals surface area contributed by atoms with Gasteiger partial charge in [0.2, 0.25) is 5.89 Å². The lowest BCUT2D eigenvalue weighted by Gasteiger charge is -2.00. The number of rotatable bonds is 8. The van der Waals surface area contributed by atoms with Crippen LogP contribution in [-0.2, 0) is 11.2 Å². The number of amides is 1. The number of benzene rings is 2. The number of carbonyl (C=O) groups excluding carboxylic acids is 1. The Kier molecular flexibility index (Phi) is 6.75. The molecule has 1 heterocycles. The van der Waals surface area contributed by atoms with Crippen molar-refractivity contribution in [2.24, 2.45) is 0 Å². The SMILES string of the molecule is CCSc1ccc(Cc2nnc(NC(=O)/C=C/c3ccc([N+](=O)[O-])cc3)o2)cc1. The van der Waals surface area contributed by atoms with Crippen LogP contribution in [0, 0.1) is 10.1 Å². The first-order valence-corrected chi connectivity index (χ1v) is 9.79. The monoisotopic (exact) mass is 410 g/mol. The summed E-state index contributed by atoms with van der Waals surface area (Å²) in [5.41, 5.74) is 1.68. The van der Waals surface area contributed by atoms with E-state index in [2.05, 4.69) is 22.4 Å². The molecule has 0 radical (unpaired) electrons. The van der Waals surface area contributed by atoms with Gasteiger partial charge in [-0.25, -0.2) is 0 Å². The average molecular weight is 410 g/mol. The molecule has 0 spiro atoms. The minimum atomic E-state index is -0.480. The number of nitrogens with one attached hydrogen (secondary N) is 1. The molecule has 1 amide bonds. The molecule has 0 aliphatic rings. The van der Waals surface area contributed by atoms with Crippen LogP contribution in [0.15, 0.2) is 63.9 Å². The number of nitro benzene ring substituents is 1. The summed E-state index contributed by atoms with van der Waals surface area (Å²) >= 11 is 1.77. The van der Waals surface area contributed by atoms with Crippen LogP contribution in [0.1, 0.15) is 23.9 Å². The predicted molar refractivity (Wildman–Crippen MR) is 111 cm³/mol. The molecule has 0 saturated heterocycles. The van der Waals surface area contributed by atoms with E-state index in [1.807, 2.05) is 24.3 Å². The highest BCUT2D eigenvalue weighted by Crippen LogP contribution is 2.19. The van der Waals surface area contributed by atoms with Crippen molar-refractivity contribution in [3.05, 3.63) is 81.7 Å². The normalized spacial score (nSPS) is 10.9. The predicted octanol–water partition coefficient (Wildman–Crippen LogP) is 4.33. The van der Waals surface area contributed by atoms with Crippen molar-refractivity contribution in [1.82, 2.24) is 10.2 Å². The number of nitro groups is 1. The van der Waals surface area contributed by atoms with Crippen LogP contribution in [0.25, 0.3) is 6.08 Å². The minimum Gasteiger partial charge on any atom is -0.407 e. The highest BCUT2D eigenvalue weighted by atomic mass is 32.2. The summed E-state index contributed by atoms with van der Waals surface area (Å²) in [5, 5.41) is 20.9. The largest absolute Gasteiger partial charge is 0.407 e. The Hall–Kier alpha value is -3.46. The Morgan fingerprint density at radius 3 is 2.55 bits per heavy atom. The van der Waals surface area contributed by atoms with Gasteiger partial charge in [-0.3, -0.25) is 20.2 Å². The Morgan fingerprint density at radius 1 is 1.17 bits per heavy atom. The molecule has 9 heteroatoms. The number of thioether (sulfide) groups is 1. The molecule has 29 heavy (non-hydrogen) atoms. The molecule has 1 N–H and O–H groups in total. The van der Waals surface area contributed by atoms with Crippen molar-refractivity contribution in [3.8, 4) is 0 Å². The number of hydrogen-bond acceptors (Lipinski definition) is 7. The minimum absolute atomic E-state index is 0.0104. The zero-order valence-electron chi connectivity index (χ0n) is 15.6. The van der Waals surface area contributed by atoms with Gasteiger partial charge < -0.3 is 4.42 Å². The zero-order chi connectivity index (χ0) is 20.6. The lowest BCUT2D eigenvalue weighted by Crippen LogP contribution is -2.07. The van der Waals surface area contributed by atoms with Gasteiger partial charge >= 0.3 is 6.01 Å². The van der Waals surface area contributed by atoms with Crippen molar-refractivity contribution in [1.29, 1.82) is 0 Å². The third-order valence-electron chi connectivity index (χ3n) is 3.82. The maximum Gasteiger partial charge on any atom is 0.322 e. The average Bonchev–Trinajstić information content (AvgIpc) is 3.15. The number of hydrogen-bond donors (Lipinski definition) is 1. The molecule has 1 aromatic heterocycles. The van der Waals surface area contributed by atoms with E-state index < -0.39 is 10.8 Å². The van der Waals surface area contributed by atoms with E-state index in [4.69, 9.17) is 4.42 Å². The summed E-state index contributed by atoms with van der Waals surface area (Å²) < 4.78 is 5.46. The first-order valence-electron chi connectivity index (χ1n) is 8.81. The second-order valence-electron chi connectivity index (χ2n) is 5.93. The molecule has 0 fully saturated rings. The van der Waals surface area contributed by atoms with Crippen LogP contribution < -0.4 is 5.32 Å². The molecule has 0 aliphatic carbocycles. The molecule has 0 saturated carbocycles. The zero-order valence-corrected chi connectivity index (χ0v) is 16.4. The van der Waals surface area contributed by atoms with Gasteiger partial charge in [-0.15, -0.1) is 16.9 Å². The van der Waals surface area contributed by atoms with E-state index in [1.165, 1.54) is 29.2 Å². The number of aromatic nitrogens is 2. The highest BCUT2D eigenvalue weighted by molar-refractivity contribution is 7.99. The molecule has 8 nitrogen and oxygen atoms in total. The second kappa shape index (κ2) is 9.65. The lowest BCUT2D eigenvalue weighted by molar-refractivity contribution is -0.384. The summed E-state index contributed by atoms with van der Waals surface area (Å²) in [6.45, 7) is 2.11. The van der Waals surface area contributed by atoms with Crippen LogP contribution in [-0.4, -0.2) is 26.8 Å². The lowest BCUT2D eigenvalue weighted by atomic mass is 10.1. The Balaban J connectivity index is 1.54. The fraction of sp³-hybridized carbons (Fsp3) is 0.150. The van der Waals surface area contributed by atoms with Crippen molar-refractivity contribution < 1.29 is 14.1 Å². The molecule has 2 aromatic carbocycles. The first-order chi connectivity index (χ1) is 14.0. The second-order valence-corrected chi connectivity index (χ2v) is 7.26. The van der Waals surface area contributed by atoms with Crippen LogP contribution in [0.3, 0.4) is 0 Å². The van der Waals surface area contributed by atoms with Gasteiger partial charge in [0.25, 0.3) is 11.6 Å². The summed E-state index contributed by atoms with van der Waals surface area (Å²) in [4.78, 5) is 23.4. The molecule has 0 aliphatic heterocycles. The van der Waals surface area contributed by atoms with E-state index in [9.17, 15) is 14.9 Å². The highest BCUT2D eigenvalue weighted by Gasteiger charge is 2.09. The molecular formula is C20H18N4O4S. The standard InChI is InChI=1S/C20H18N4O4S/c1-2-29-17-10-5-15(6-11-17)13-19-22-23-20(28-19)21-18(25)12-7-14-3-8-16(9-4-14)24(26)27/h3-12H,2,13H2,1H3,(H,21,23,25)/b12-7+.